The summed E-state index contributed by atoms with van der Waals surface area (Å²) in [5.74, 6) is 0.972. The summed E-state index contributed by atoms with van der Waals surface area (Å²) in [6, 6.07) is 10.5. The first kappa shape index (κ1) is 23.1. The van der Waals surface area contributed by atoms with E-state index in [1.54, 1.807) is 38.1 Å². The molecule has 0 aliphatic heterocycles. The van der Waals surface area contributed by atoms with Crippen LogP contribution in [0.4, 0.5) is 9.52 Å². The number of aryl methyl sites for hydroxylation is 1. The number of rotatable bonds is 9. The molecule has 0 spiro atoms. The fraction of sp³-hybridized carbons (Fsp3) is 0.333. The number of aromatic nitrogens is 2. The van der Waals surface area contributed by atoms with Gasteiger partial charge in [0.05, 0.1) is 12.0 Å². The van der Waals surface area contributed by atoms with Gasteiger partial charge in [-0.1, -0.05) is 12.1 Å². The molecule has 2 unspecified atom stereocenters. The summed E-state index contributed by atoms with van der Waals surface area (Å²) in [4.78, 5) is 4.63. The number of halogens is 1. The van der Waals surface area contributed by atoms with E-state index in [9.17, 15) is 12.8 Å². The fourth-order valence-electron chi connectivity index (χ4n) is 2.87. The van der Waals surface area contributed by atoms with Crippen molar-refractivity contribution in [3.8, 4) is 5.75 Å². The van der Waals surface area contributed by atoms with Crippen LogP contribution in [-0.2, 0) is 16.4 Å². The smallest absolute Gasteiger partial charge is 0.240 e. The number of benzene rings is 2. The predicted molar refractivity (Wildman–Crippen MR) is 120 cm³/mol. The third kappa shape index (κ3) is 5.99. The van der Waals surface area contributed by atoms with Gasteiger partial charge in [-0.2, -0.15) is 4.37 Å². The molecule has 2 aromatic carbocycles. The molecule has 0 bridgehead atoms. The largest absolute Gasteiger partial charge is 0.497 e. The Morgan fingerprint density at radius 3 is 2.48 bits per heavy atom. The number of nitrogens with zero attached hydrogens (tertiary/aromatic N) is 2. The number of ether oxygens (including phenoxy) is 1. The van der Waals surface area contributed by atoms with E-state index in [0.29, 0.717) is 28.7 Å². The molecule has 3 rings (SSSR count). The third-order valence-electron chi connectivity index (χ3n) is 4.86. The number of methoxy groups -OCH3 is 1. The zero-order chi connectivity index (χ0) is 22.6. The molecule has 0 amide bonds. The lowest BCUT2D eigenvalue weighted by atomic mass is 10.1. The molecular formula is C21H25FN4O3S2. The van der Waals surface area contributed by atoms with Crippen LogP contribution in [0.1, 0.15) is 30.8 Å². The van der Waals surface area contributed by atoms with Crippen LogP contribution in [0.25, 0.3) is 0 Å². The van der Waals surface area contributed by atoms with Gasteiger partial charge in [0.15, 0.2) is 0 Å². The molecule has 3 aromatic rings. The zero-order valence-electron chi connectivity index (χ0n) is 17.7. The Kier molecular flexibility index (Phi) is 7.24. The summed E-state index contributed by atoms with van der Waals surface area (Å²) in [6.07, 6.45) is 0.493. The van der Waals surface area contributed by atoms with Gasteiger partial charge in [0, 0.05) is 30.0 Å². The maximum atomic E-state index is 13.4. The first-order chi connectivity index (χ1) is 14.7. The van der Waals surface area contributed by atoms with Gasteiger partial charge in [-0.25, -0.2) is 22.5 Å². The highest BCUT2D eigenvalue weighted by Crippen LogP contribution is 2.19. The Bertz CT molecular complexity index is 1130. The highest BCUT2D eigenvalue weighted by molar-refractivity contribution is 7.89. The Balaban J connectivity index is 1.60. The normalized spacial score (nSPS) is 13.6. The molecule has 0 saturated carbocycles. The van der Waals surface area contributed by atoms with Crippen LogP contribution in [0.5, 0.6) is 5.75 Å². The van der Waals surface area contributed by atoms with E-state index in [1.807, 2.05) is 6.92 Å². The lowest BCUT2D eigenvalue weighted by Gasteiger charge is -2.22. The summed E-state index contributed by atoms with van der Waals surface area (Å²) in [6.45, 7) is 5.37. The molecular weight excluding hydrogens is 439 g/mol. The molecule has 0 radical (unpaired) electrons. The Morgan fingerprint density at radius 2 is 1.84 bits per heavy atom. The minimum Gasteiger partial charge on any atom is -0.497 e. The molecule has 0 aliphatic rings. The van der Waals surface area contributed by atoms with Gasteiger partial charge < -0.3 is 10.1 Å². The summed E-state index contributed by atoms with van der Waals surface area (Å²) in [5, 5.41) is 3.79. The number of hydrogen-bond acceptors (Lipinski definition) is 7. The Morgan fingerprint density at radius 1 is 1.13 bits per heavy atom. The van der Waals surface area contributed by atoms with Crippen molar-refractivity contribution in [2.45, 2.75) is 44.2 Å². The Labute approximate surface area is 185 Å². The minimum absolute atomic E-state index is 0.167. The number of sulfonamides is 1. The average Bonchev–Trinajstić information content (AvgIpc) is 3.17. The summed E-state index contributed by atoms with van der Waals surface area (Å²) in [5.41, 5.74) is 1.51. The third-order valence-corrected chi connectivity index (χ3v) is 7.12. The second-order valence-electron chi connectivity index (χ2n) is 7.29. The van der Waals surface area contributed by atoms with Crippen molar-refractivity contribution in [2.75, 3.05) is 12.4 Å². The number of hydrogen-bond donors (Lipinski definition) is 2. The fourth-order valence-corrected chi connectivity index (χ4v) is 4.88. The van der Waals surface area contributed by atoms with Gasteiger partial charge in [0.25, 0.3) is 0 Å². The van der Waals surface area contributed by atoms with E-state index in [1.165, 1.54) is 36.8 Å². The van der Waals surface area contributed by atoms with E-state index in [4.69, 9.17) is 4.74 Å². The lowest BCUT2D eigenvalue weighted by molar-refractivity contribution is 0.414. The van der Waals surface area contributed by atoms with Gasteiger partial charge in [-0.05, 0) is 62.2 Å². The van der Waals surface area contributed by atoms with E-state index in [-0.39, 0.29) is 16.8 Å². The van der Waals surface area contributed by atoms with E-state index in [2.05, 4.69) is 19.4 Å². The number of anilines is 1. The van der Waals surface area contributed by atoms with Gasteiger partial charge >= 0.3 is 0 Å². The Hall–Kier alpha value is -2.56. The molecule has 7 nitrogen and oxygen atoms in total. The highest BCUT2D eigenvalue weighted by atomic mass is 32.2. The molecule has 2 atom stereocenters. The number of nitrogens with one attached hydrogen (secondary N) is 2. The van der Waals surface area contributed by atoms with Gasteiger partial charge in [-0.15, -0.1) is 0 Å². The average molecular weight is 465 g/mol. The van der Waals surface area contributed by atoms with Crippen molar-refractivity contribution in [3.63, 3.8) is 0 Å². The van der Waals surface area contributed by atoms with Crippen LogP contribution in [0.2, 0.25) is 0 Å². The highest BCUT2D eigenvalue weighted by Gasteiger charge is 2.22. The van der Waals surface area contributed by atoms with Crippen LogP contribution >= 0.6 is 11.5 Å². The molecule has 31 heavy (non-hydrogen) atoms. The molecule has 1 aromatic heterocycles. The van der Waals surface area contributed by atoms with Crippen LogP contribution in [0.3, 0.4) is 0 Å². The van der Waals surface area contributed by atoms with Crippen molar-refractivity contribution in [2.24, 2.45) is 0 Å². The van der Waals surface area contributed by atoms with E-state index < -0.39 is 16.1 Å². The quantitative estimate of drug-likeness (QED) is 0.501. The molecule has 0 fully saturated rings. The maximum Gasteiger partial charge on any atom is 0.240 e. The van der Waals surface area contributed by atoms with Crippen LogP contribution in [0.15, 0.2) is 47.4 Å². The monoisotopic (exact) mass is 464 g/mol. The van der Waals surface area contributed by atoms with Crippen molar-refractivity contribution in [1.82, 2.24) is 14.1 Å². The second-order valence-corrected chi connectivity index (χ2v) is 9.76. The van der Waals surface area contributed by atoms with Crippen LogP contribution < -0.4 is 14.8 Å². The molecule has 0 aliphatic carbocycles. The predicted octanol–water partition coefficient (Wildman–Crippen LogP) is 3.75. The first-order valence-electron chi connectivity index (χ1n) is 9.68. The summed E-state index contributed by atoms with van der Waals surface area (Å²) < 4.78 is 50.8. The lowest BCUT2D eigenvalue weighted by Crippen LogP contribution is -2.43. The van der Waals surface area contributed by atoms with Gasteiger partial charge in [-0.3, -0.25) is 0 Å². The van der Waals surface area contributed by atoms with Crippen molar-refractivity contribution < 1.29 is 17.5 Å². The van der Waals surface area contributed by atoms with Crippen molar-refractivity contribution in [1.29, 1.82) is 0 Å². The molecule has 2 N–H and O–H groups in total. The zero-order valence-corrected chi connectivity index (χ0v) is 19.3. The molecule has 10 heteroatoms. The second kappa shape index (κ2) is 9.71. The summed E-state index contributed by atoms with van der Waals surface area (Å²) >= 11 is 1.20. The van der Waals surface area contributed by atoms with Crippen molar-refractivity contribution in [3.05, 3.63) is 65.2 Å². The molecule has 1 heterocycles. The minimum atomic E-state index is -3.67. The SMILES string of the molecule is COc1ccc(S(=O)(=O)NC(C)C(C)Nc2nc(Cc3ccc(F)c(C)c3)ns2)cc1. The maximum absolute atomic E-state index is 13.4. The van der Waals surface area contributed by atoms with Gasteiger partial charge in [0.1, 0.15) is 17.4 Å². The molecule has 166 valence electrons. The van der Waals surface area contributed by atoms with Crippen molar-refractivity contribution >= 4 is 26.7 Å². The molecule has 0 saturated heterocycles. The van der Waals surface area contributed by atoms with E-state index in [0.717, 1.165) is 5.56 Å². The standard InChI is InChI=1S/C21H25FN4O3S2/c1-13-11-16(5-10-19(13)22)12-20-24-21(30-25-20)23-14(2)15(3)26-31(27,28)18-8-6-17(29-4)7-9-18/h5-11,14-15,26H,12H2,1-4H3,(H,23,24,25). The summed E-state index contributed by atoms with van der Waals surface area (Å²) in [7, 11) is -2.15. The van der Waals surface area contributed by atoms with Crippen LogP contribution in [-0.4, -0.2) is 37.0 Å². The first-order valence-corrected chi connectivity index (χ1v) is 11.9. The topological polar surface area (TPSA) is 93.2 Å². The van der Waals surface area contributed by atoms with Crippen LogP contribution in [0, 0.1) is 12.7 Å². The van der Waals surface area contributed by atoms with E-state index >= 15 is 0 Å². The van der Waals surface area contributed by atoms with Gasteiger partial charge in [0.2, 0.25) is 15.2 Å².